The molecule has 68 valence electrons. The van der Waals surface area contributed by atoms with E-state index in [-0.39, 0.29) is 5.78 Å². The first kappa shape index (κ1) is 10.9. The third-order valence-corrected chi connectivity index (χ3v) is 1.29. The van der Waals surface area contributed by atoms with Crippen molar-refractivity contribution in [1.82, 2.24) is 0 Å². The van der Waals surface area contributed by atoms with Gasteiger partial charge in [-0.2, -0.15) is 0 Å². The maximum atomic E-state index is 11.2. The van der Waals surface area contributed by atoms with E-state index in [2.05, 4.69) is 4.99 Å². The third-order valence-electron chi connectivity index (χ3n) is 1.29. The number of hydrogen-bond donors (Lipinski definition) is 0. The number of rotatable bonds is 5. The standard InChI is InChI=1S/C9H15NO2/c1-4-9(11)8(6-10-3)7-12-5-2/h6-7H,4-5H2,1-3H3/b8-7+,10-6+. The van der Waals surface area contributed by atoms with Crippen LogP contribution in [-0.4, -0.2) is 25.7 Å². The fourth-order valence-electron chi connectivity index (χ4n) is 0.684. The van der Waals surface area contributed by atoms with Gasteiger partial charge in [0.1, 0.15) is 0 Å². The Balaban J connectivity index is 4.31. The molecule has 0 aromatic rings. The van der Waals surface area contributed by atoms with Crippen molar-refractivity contribution in [2.75, 3.05) is 13.7 Å². The molecule has 0 saturated carbocycles. The van der Waals surface area contributed by atoms with Gasteiger partial charge in [0.05, 0.1) is 18.4 Å². The van der Waals surface area contributed by atoms with Crippen LogP contribution in [0.4, 0.5) is 0 Å². The molecule has 0 atom stereocenters. The summed E-state index contributed by atoms with van der Waals surface area (Å²) in [5, 5.41) is 0. The normalized spacial score (nSPS) is 12.1. The minimum atomic E-state index is 0.0500. The molecule has 0 aliphatic carbocycles. The molecule has 0 aromatic carbocycles. The lowest BCUT2D eigenvalue weighted by atomic mass is 10.1. The summed E-state index contributed by atoms with van der Waals surface area (Å²) in [7, 11) is 1.63. The molecule has 0 amide bonds. The van der Waals surface area contributed by atoms with Crippen molar-refractivity contribution in [2.24, 2.45) is 4.99 Å². The molecule has 0 aromatic heterocycles. The van der Waals surface area contributed by atoms with Gasteiger partial charge in [-0.25, -0.2) is 0 Å². The van der Waals surface area contributed by atoms with E-state index in [1.807, 2.05) is 13.8 Å². The highest BCUT2D eigenvalue weighted by molar-refractivity contribution is 6.12. The van der Waals surface area contributed by atoms with Crippen LogP contribution in [-0.2, 0) is 9.53 Å². The SMILES string of the molecule is CCO/C=C(\C=N\C)C(=O)CC. The van der Waals surface area contributed by atoms with Gasteiger partial charge in [0.2, 0.25) is 0 Å². The summed E-state index contributed by atoms with van der Waals surface area (Å²) in [6.45, 7) is 4.25. The van der Waals surface area contributed by atoms with E-state index in [1.165, 1.54) is 12.5 Å². The highest BCUT2D eigenvalue weighted by Crippen LogP contribution is 1.97. The molecule has 0 aliphatic heterocycles. The molecule has 0 unspecified atom stereocenters. The van der Waals surface area contributed by atoms with Gasteiger partial charge in [-0.15, -0.1) is 0 Å². The topological polar surface area (TPSA) is 38.7 Å². The van der Waals surface area contributed by atoms with Crippen LogP contribution < -0.4 is 0 Å². The summed E-state index contributed by atoms with van der Waals surface area (Å²) in [4.78, 5) is 14.9. The maximum Gasteiger partial charge on any atom is 0.167 e. The number of ether oxygens (including phenoxy) is 1. The average Bonchev–Trinajstić information content (AvgIpc) is 2.11. The Kier molecular flexibility index (Phi) is 5.97. The van der Waals surface area contributed by atoms with Crippen molar-refractivity contribution in [3.8, 4) is 0 Å². The highest BCUT2D eigenvalue weighted by atomic mass is 16.5. The van der Waals surface area contributed by atoms with Crippen molar-refractivity contribution in [1.29, 1.82) is 0 Å². The zero-order valence-corrected chi connectivity index (χ0v) is 7.83. The molecule has 0 bridgehead atoms. The lowest BCUT2D eigenvalue weighted by molar-refractivity contribution is -0.114. The van der Waals surface area contributed by atoms with E-state index in [4.69, 9.17) is 4.74 Å². The minimum Gasteiger partial charge on any atom is -0.501 e. The molecular formula is C9H15NO2. The molecule has 0 fully saturated rings. The zero-order valence-electron chi connectivity index (χ0n) is 7.83. The van der Waals surface area contributed by atoms with Crippen molar-refractivity contribution in [3.05, 3.63) is 11.8 Å². The minimum absolute atomic E-state index is 0.0500. The predicted octanol–water partition coefficient (Wildman–Crippen LogP) is 1.59. The van der Waals surface area contributed by atoms with Crippen LogP contribution in [0.25, 0.3) is 0 Å². The number of carbonyl (C=O) groups excluding carboxylic acids is 1. The molecule has 0 heterocycles. The zero-order chi connectivity index (χ0) is 9.40. The summed E-state index contributed by atoms with van der Waals surface area (Å²) >= 11 is 0. The second-order valence-corrected chi connectivity index (χ2v) is 2.19. The Morgan fingerprint density at radius 3 is 2.58 bits per heavy atom. The van der Waals surface area contributed by atoms with Gasteiger partial charge in [0.25, 0.3) is 0 Å². The second kappa shape index (κ2) is 6.58. The van der Waals surface area contributed by atoms with Crippen molar-refractivity contribution < 1.29 is 9.53 Å². The summed E-state index contributed by atoms with van der Waals surface area (Å²) < 4.78 is 5.00. The van der Waals surface area contributed by atoms with Gasteiger partial charge >= 0.3 is 0 Å². The molecule has 3 nitrogen and oxygen atoms in total. The average molecular weight is 169 g/mol. The number of Topliss-reactive ketones (excluding diaryl/α,β-unsaturated/α-hetero) is 1. The van der Waals surface area contributed by atoms with Crippen molar-refractivity contribution in [2.45, 2.75) is 20.3 Å². The summed E-state index contributed by atoms with van der Waals surface area (Å²) in [6, 6.07) is 0. The fourth-order valence-corrected chi connectivity index (χ4v) is 0.684. The van der Waals surface area contributed by atoms with Gasteiger partial charge in [-0.1, -0.05) is 6.92 Å². The van der Waals surface area contributed by atoms with E-state index in [1.54, 1.807) is 7.05 Å². The Bertz CT molecular complexity index is 195. The Morgan fingerprint density at radius 1 is 1.50 bits per heavy atom. The van der Waals surface area contributed by atoms with E-state index in [9.17, 15) is 4.79 Å². The summed E-state index contributed by atoms with van der Waals surface area (Å²) in [6.07, 6.45) is 3.45. The molecule has 3 heteroatoms. The van der Waals surface area contributed by atoms with E-state index >= 15 is 0 Å². The van der Waals surface area contributed by atoms with E-state index in [0.717, 1.165) is 0 Å². The lowest BCUT2D eigenvalue weighted by Crippen LogP contribution is -2.02. The smallest absolute Gasteiger partial charge is 0.167 e. The first-order valence-electron chi connectivity index (χ1n) is 4.03. The van der Waals surface area contributed by atoms with Gasteiger partial charge in [-0.3, -0.25) is 9.79 Å². The van der Waals surface area contributed by atoms with Crippen LogP contribution in [0.3, 0.4) is 0 Å². The first-order valence-corrected chi connectivity index (χ1v) is 4.03. The van der Waals surface area contributed by atoms with Crippen LogP contribution in [0.5, 0.6) is 0 Å². The monoisotopic (exact) mass is 169 g/mol. The van der Waals surface area contributed by atoms with Crippen LogP contribution in [0.15, 0.2) is 16.8 Å². The summed E-state index contributed by atoms with van der Waals surface area (Å²) in [5.41, 5.74) is 0.529. The van der Waals surface area contributed by atoms with Crippen molar-refractivity contribution >= 4 is 12.0 Å². The molecule has 12 heavy (non-hydrogen) atoms. The van der Waals surface area contributed by atoms with E-state index < -0.39 is 0 Å². The third kappa shape index (κ3) is 3.91. The largest absolute Gasteiger partial charge is 0.501 e. The van der Waals surface area contributed by atoms with Crippen LogP contribution in [0, 0.1) is 0 Å². The van der Waals surface area contributed by atoms with Gasteiger partial charge < -0.3 is 4.74 Å². The number of aliphatic imine (C=N–C) groups is 1. The lowest BCUT2D eigenvalue weighted by Gasteiger charge is -1.98. The number of hydrogen-bond acceptors (Lipinski definition) is 3. The number of allylic oxidation sites excluding steroid dienone is 1. The second-order valence-electron chi connectivity index (χ2n) is 2.19. The van der Waals surface area contributed by atoms with Crippen LogP contribution in [0.2, 0.25) is 0 Å². The van der Waals surface area contributed by atoms with Crippen LogP contribution >= 0.6 is 0 Å². The first-order chi connectivity index (χ1) is 5.76. The summed E-state index contributed by atoms with van der Waals surface area (Å²) in [5.74, 6) is 0.0500. The molecule has 0 saturated heterocycles. The Morgan fingerprint density at radius 2 is 2.17 bits per heavy atom. The van der Waals surface area contributed by atoms with Gasteiger partial charge in [-0.05, 0) is 6.92 Å². The molecular weight excluding hydrogens is 154 g/mol. The van der Waals surface area contributed by atoms with E-state index in [0.29, 0.717) is 18.6 Å². The van der Waals surface area contributed by atoms with Crippen molar-refractivity contribution in [3.63, 3.8) is 0 Å². The molecule has 0 aliphatic rings. The van der Waals surface area contributed by atoms with Gasteiger partial charge in [0, 0.05) is 19.7 Å². The fraction of sp³-hybridized carbons (Fsp3) is 0.556. The number of ketones is 1. The Labute approximate surface area is 73.1 Å². The van der Waals surface area contributed by atoms with Crippen LogP contribution in [0.1, 0.15) is 20.3 Å². The quantitative estimate of drug-likeness (QED) is 0.356. The molecule has 0 radical (unpaired) electrons. The molecule has 0 N–H and O–H groups in total. The molecule has 0 rings (SSSR count). The molecule has 0 spiro atoms. The maximum absolute atomic E-state index is 11.2. The Hall–Kier alpha value is -1.12. The highest BCUT2D eigenvalue weighted by Gasteiger charge is 2.03. The predicted molar refractivity (Wildman–Crippen MR) is 49.4 cm³/mol. The number of carbonyl (C=O) groups is 1. The van der Waals surface area contributed by atoms with Gasteiger partial charge in [0.15, 0.2) is 5.78 Å². The number of nitrogens with zero attached hydrogens (tertiary/aromatic N) is 1.